The first-order valence-corrected chi connectivity index (χ1v) is 8.12. The van der Waals surface area contributed by atoms with E-state index in [4.69, 9.17) is 0 Å². The third kappa shape index (κ3) is 3.47. The highest BCUT2D eigenvalue weighted by Crippen LogP contribution is 2.15. The SMILES string of the molecule is C=c1[nH]c(=O)/c(=C/c2ccccc2S(=O)(=O)NC(C)=O)s1. The van der Waals surface area contributed by atoms with Gasteiger partial charge in [0.1, 0.15) is 0 Å². The zero-order valence-electron chi connectivity index (χ0n) is 11.0. The Bertz CT molecular complexity index is 955. The molecule has 2 N–H and O–H groups in total. The largest absolute Gasteiger partial charge is 0.313 e. The molecule has 0 bridgehead atoms. The maximum Gasteiger partial charge on any atom is 0.266 e. The van der Waals surface area contributed by atoms with Crippen molar-refractivity contribution in [1.29, 1.82) is 0 Å². The number of thiazole rings is 1. The number of nitrogens with one attached hydrogen (secondary N) is 2. The van der Waals surface area contributed by atoms with Crippen LogP contribution in [0, 0.1) is 0 Å². The highest BCUT2D eigenvalue weighted by Gasteiger charge is 2.18. The molecule has 1 aromatic carbocycles. The summed E-state index contributed by atoms with van der Waals surface area (Å²) in [6.07, 6.45) is 1.45. The summed E-state index contributed by atoms with van der Waals surface area (Å²) in [6.45, 7) is 4.74. The standard InChI is InChI=1S/C13H12N2O4S2/c1-8(16)15-21(18,19)12-6-4-3-5-10(12)7-11-13(17)14-9(2)20-11/h3-7H,2H2,1H3,(H,14,17)(H,15,16)/b11-7-. The molecule has 110 valence electrons. The van der Waals surface area contributed by atoms with E-state index in [9.17, 15) is 18.0 Å². The van der Waals surface area contributed by atoms with Gasteiger partial charge in [-0.25, -0.2) is 13.1 Å². The van der Waals surface area contributed by atoms with Crippen molar-refractivity contribution in [1.82, 2.24) is 9.71 Å². The number of hydrogen-bond donors (Lipinski definition) is 2. The first-order chi connectivity index (χ1) is 9.79. The third-order valence-electron chi connectivity index (χ3n) is 2.48. The van der Waals surface area contributed by atoms with Gasteiger partial charge >= 0.3 is 0 Å². The van der Waals surface area contributed by atoms with Crippen LogP contribution in [0.15, 0.2) is 34.0 Å². The van der Waals surface area contributed by atoms with E-state index < -0.39 is 15.9 Å². The molecule has 0 saturated carbocycles. The van der Waals surface area contributed by atoms with E-state index in [0.717, 1.165) is 18.3 Å². The fourth-order valence-corrected chi connectivity index (χ4v) is 3.64. The Hall–Kier alpha value is -2.19. The Morgan fingerprint density at radius 3 is 2.62 bits per heavy atom. The molecule has 0 atom stereocenters. The van der Waals surface area contributed by atoms with E-state index in [1.54, 1.807) is 12.1 Å². The fraction of sp³-hybridized carbons (Fsp3) is 0.0769. The van der Waals surface area contributed by atoms with Gasteiger partial charge in [-0.15, -0.1) is 11.3 Å². The number of aromatic nitrogens is 1. The number of carbonyl (C=O) groups excluding carboxylic acids is 1. The molecule has 0 radical (unpaired) electrons. The van der Waals surface area contributed by atoms with Gasteiger partial charge < -0.3 is 4.98 Å². The number of sulfonamides is 1. The van der Waals surface area contributed by atoms with E-state index in [1.165, 1.54) is 18.2 Å². The topological polar surface area (TPSA) is 96.1 Å². The molecule has 0 aliphatic heterocycles. The van der Waals surface area contributed by atoms with Crippen LogP contribution in [-0.2, 0) is 14.8 Å². The van der Waals surface area contributed by atoms with Gasteiger partial charge in [0.25, 0.3) is 15.6 Å². The van der Waals surface area contributed by atoms with Gasteiger partial charge in [0.15, 0.2) is 0 Å². The fourth-order valence-electron chi connectivity index (χ4n) is 1.72. The van der Waals surface area contributed by atoms with E-state index in [-0.39, 0.29) is 10.5 Å². The third-order valence-corrected chi connectivity index (χ3v) is 4.86. The Morgan fingerprint density at radius 1 is 1.38 bits per heavy atom. The predicted octanol–water partition coefficient (Wildman–Crippen LogP) is -0.500. The first kappa shape index (κ1) is 15.2. The summed E-state index contributed by atoms with van der Waals surface area (Å²) in [6, 6.07) is 6.10. The summed E-state index contributed by atoms with van der Waals surface area (Å²) in [5.41, 5.74) is -0.0182. The highest BCUT2D eigenvalue weighted by molar-refractivity contribution is 7.90. The number of hydrogen-bond acceptors (Lipinski definition) is 5. The smallest absolute Gasteiger partial charge is 0.266 e. The lowest BCUT2D eigenvalue weighted by molar-refractivity contribution is -0.117. The molecule has 0 spiro atoms. The van der Waals surface area contributed by atoms with Crippen molar-refractivity contribution in [3.8, 4) is 0 Å². The molecule has 8 heteroatoms. The number of benzene rings is 1. The molecule has 1 heterocycles. The van der Waals surface area contributed by atoms with Gasteiger partial charge in [-0.2, -0.15) is 0 Å². The van der Waals surface area contributed by atoms with Crippen LogP contribution in [0.1, 0.15) is 12.5 Å². The molecule has 0 saturated heterocycles. The number of amides is 1. The summed E-state index contributed by atoms with van der Waals surface area (Å²) in [5, 5.41) is 0. The molecule has 2 aromatic rings. The minimum atomic E-state index is -3.97. The van der Waals surface area contributed by atoms with Crippen molar-refractivity contribution in [2.75, 3.05) is 0 Å². The number of rotatable bonds is 3. The molecule has 6 nitrogen and oxygen atoms in total. The van der Waals surface area contributed by atoms with Gasteiger partial charge in [-0.3, -0.25) is 9.59 Å². The second-order valence-electron chi connectivity index (χ2n) is 4.19. The van der Waals surface area contributed by atoms with E-state index in [1.807, 2.05) is 4.72 Å². The van der Waals surface area contributed by atoms with Crippen molar-refractivity contribution in [3.05, 3.63) is 49.4 Å². The maximum atomic E-state index is 12.1. The Balaban J connectivity index is 2.66. The van der Waals surface area contributed by atoms with Crippen LogP contribution >= 0.6 is 11.3 Å². The molecular formula is C13H12N2O4S2. The molecular weight excluding hydrogens is 312 g/mol. The highest BCUT2D eigenvalue weighted by atomic mass is 32.2. The summed E-state index contributed by atoms with van der Waals surface area (Å²) in [5.74, 6) is -0.682. The van der Waals surface area contributed by atoms with E-state index in [0.29, 0.717) is 14.8 Å². The van der Waals surface area contributed by atoms with Crippen molar-refractivity contribution < 1.29 is 13.2 Å². The number of carbonyl (C=O) groups is 1. The van der Waals surface area contributed by atoms with Crippen LogP contribution in [0.25, 0.3) is 12.7 Å². The van der Waals surface area contributed by atoms with E-state index >= 15 is 0 Å². The maximum absolute atomic E-state index is 12.1. The van der Waals surface area contributed by atoms with Gasteiger partial charge in [0, 0.05) is 6.92 Å². The molecule has 0 fully saturated rings. The summed E-state index contributed by atoms with van der Waals surface area (Å²) >= 11 is 1.13. The molecule has 0 aliphatic carbocycles. The normalized spacial score (nSPS) is 12.3. The van der Waals surface area contributed by atoms with Gasteiger partial charge in [-0.05, 0) is 17.7 Å². The molecule has 21 heavy (non-hydrogen) atoms. The predicted molar refractivity (Wildman–Crippen MR) is 80.7 cm³/mol. The quantitative estimate of drug-likeness (QED) is 0.795. The molecule has 1 aromatic heterocycles. The van der Waals surface area contributed by atoms with Crippen LogP contribution in [-0.4, -0.2) is 19.3 Å². The van der Waals surface area contributed by atoms with Gasteiger partial charge in [0.2, 0.25) is 5.91 Å². The Labute approximate surface area is 124 Å². The lowest BCUT2D eigenvalue weighted by Crippen LogP contribution is -2.29. The zero-order chi connectivity index (χ0) is 15.6. The zero-order valence-corrected chi connectivity index (χ0v) is 12.7. The molecule has 0 unspecified atom stereocenters. The summed E-state index contributed by atoms with van der Waals surface area (Å²) in [4.78, 5) is 25.1. The van der Waals surface area contributed by atoms with Gasteiger partial charge in [0.05, 0.1) is 14.1 Å². The number of aromatic amines is 1. The van der Waals surface area contributed by atoms with Crippen LogP contribution < -0.4 is 19.5 Å². The van der Waals surface area contributed by atoms with Crippen molar-refractivity contribution >= 4 is 39.9 Å². The van der Waals surface area contributed by atoms with E-state index in [2.05, 4.69) is 11.6 Å². The van der Waals surface area contributed by atoms with Crippen LogP contribution in [0.5, 0.6) is 0 Å². The first-order valence-electron chi connectivity index (χ1n) is 5.82. The number of H-pyrrole nitrogens is 1. The minimum Gasteiger partial charge on any atom is -0.313 e. The Kier molecular flexibility index (Phi) is 4.10. The van der Waals surface area contributed by atoms with Gasteiger partial charge in [-0.1, -0.05) is 24.8 Å². The Morgan fingerprint density at radius 2 is 2.05 bits per heavy atom. The average molecular weight is 324 g/mol. The van der Waals surface area contributed by atoms with Crippen molar-refractivity contribution in [2.24, 2.45) is 0 Å². The second kappa shape index (κ2) is 5.66. The van der Waals surface area contributed by atoms with Crippen molar-refractivity contribution in [3.63, 3.8) is 0 Å². The molecule has 2 rings (SSSR count). The lowest BCUT2D eigenvalue weighted by Gasteiger charge is -2.07. The molecule has 1 amide bonds. The minimum absolute atomic E-state index is 0.0707. The summed E-state index contributed by atoms with van der Waals surface area (Å²) in [7, 11) is -3.97. The second-order valence-corrected chi connectivity index (χ2v) is 6.98. The molecule has 0 aliphatic rings. The lowest BCUT2D eigenvalue weighted by atomic mass is 10.2. The van der Waals surface area contributed by atoms with Crippen LogP contribution in [0.2, 0.25) is 0 Å². The van der Waals surface area contributed by atoms with Crippen molar-refractivity contribution in [2.45, 2.75) is 11.8 Å². The van der Waals surface area contributed by atoms with Crippen LogP contribution in [0.3, 0.4) is 0 Å². The van der Waals surface area contributed by atoms with Crippen LogP contribution in [0.4, 0.5) is 0 Å². The average Bonchev–Trinajstić information content (AvgIpc) is 2.66. The summed E-state index contributed by atoms with van der Waals surface area (Å²) < 4.78 is 26.9. The monoisotopic (exact) mass is 324 g/mol.